The number of rotatable bonds is 2. The van der Waals surface area contributed by atoms with Gasteiger partial charge in [-0.05, 0) is 85.6 Å². The van der Waals surface area contributed by atoms with E-state index in [0.29, 0.717) is 11.8 Å². The van der Waals surface area contributed by atoms with Crippen molar-refractivity contribution in [2.75, 3.05) is 7.11 Å². The molecule has 1 aromatic heterocycles. The first-order chi connectivity index (χ1) is 14.0. The molecule has 0 radical (unpaired) electrons. The van der Waals surface area contributed by atoms with Crippen molar-refractivity contribution in [3.05, 3.63) is 59.9 Å². The van der Waals surface area contributed by atoms with Crippen LogP contribution in [0.2, 0.25) is 0 Å². The van der Waals surface area contributed by atoms with Crippen molar-refractivity contribution in [2.45, 2.75) is 52.4 Å². The molecule has 0 amide bonds. The molecule has 152 valence electrons. The molecule has 3 aliphatic rings. The lowest BCUT2D eigenvalue weighted by molar-refractivity contribution is -0.165. The summed E-state index contributed by atoms with van der Waals surface area (Å²) in [7, 11) is 1.54. The molecule has 1 fully saturated rings. The minimum atomic E-state index is -0.370. The van der Waals surface area contributed by atoms with Gasteiger partial charge in [0.2, 0.25) is 0 Å². The molecule has 0 spiro atoms. The Balaban J connectivity index is 1.61. The van der Waals surface area contributed by atoms with Crippen molar-refractivity contribution >= 4 is 11.5 Å². The third-order valence-corrected chi connectivity index (χ3v) is 8.35. The summed E-state index contributed by atoms with van der Waals surface area (Å²) in [5, 5.41) is 0. The number of benzene rings is 1. The second-order valence-corrected chi connectivity index (χ2v) is 9.70. The highest BCUT2D eigenvalue weighted by Gasteiger charge is 2.58. The lowest BCUT2D eigenvalue weighted by atomic mass is 9.46. The van der Waals surface area contributed by atoms with Gasteiger partial charge in [0, 0.05) is 11.9 Å². The number of carbonyl (C=O) groups excluding carboxylic acids is 1. The van der Waals surface area contributed by atoms with Gasteiger partial charge in [0.1, 0.15) is 0 Å². The Hall–Kier alpha value is -2.29. The van der Waals surface area contributed by atoms with Crippen molar-refractivity contribution < 1.29 is 9.53 Å². The highest BCUT2D eigenvalue weighted by molar-refractivity contribution is 5.78. The number of aromatic nitrogens is 1. The number of nitrogens with zero attached hydrogens (tertiary/aromatic N) is 1. The third kappa shape index (κ3) is 2.59. The molecule has 1 unspecified atom stereocenters. The maximum Gasteiger partial charge on any atom is 0.311 e. The van der Waals surface area contributed by atoms with Gasteiger partial charge in [-0.25, -0.2) is 0 Å². The average Bonchev–Trinajstić information content (AvgIpc) is 3.18. The minimum absolute atomic E-state index is 0.0190. The number of aryl methyl sites for hydroxylation is 1. The Morgan fingerprint density at radius 3 is 2.69 bits per heavy atom. The normalized spacial score (nSPS) is 33.1. The predicted molar refractivity (Wildman–Crippen MR) is 116 cm³/mol. The number of ether oxygens (including phenoxy) is 1. The van der Waals surface area contributed by atoms with Crippen LogP contribution in [0, 0.1) is 22.7 Å². The van der Waals surface area contributed by atoms with E-state index in [1.165, 1.54) is 35.4 Å². The highest BCUT2D eigenvalue weighted by atomic mass is 16.5. The number of esters is 1. The van der Waals surface area contributed by atoms with Gasteiger partial charge < -0.3 is 9.30 Å². The van der Waals surface area contributed by atoms with Gasteiger partial charge >= 0.3 is 5.97 Å². The van der Waals surface area contributed by atoms with Gasteiger partial charge in [-0.2, -0.15) is 0 Å². The summed E-state index contributed by atoms with van der Waals surface area (Å²) >= 11 is 0. The second kappa shape index (κ2) is 6.62. The molecule has 0 N–H and O–H groups in total. The lowest BCUT2D eigenvalue weighted by Crippen LogP contribution is -2.53. The number of fused-ring (bicyclic) bond motifs is 5. The second-order valence-electron chi connectivity index (χ2n) is 9.70. The van der Waals surface area contributed by atoms with Crippen LogP contribution >= 0.6 is 0 Å². The Kier molecular flexibility index (Phi) is 4.27. The van der Waals surface area contributed by atoms with Crippen molar-refractivity contribution in [1.29, 1.82) is 0 Å². The van der Waals surface area contributed by atoms with Crippen LogP contribution in [0.5, 0.6) is 0 Å². The number of methoxy groups -OCH3 is 1. The van der Waals surface area contributed by atoms with Crippen LogP contribution in [0.15, 0.2) is 48.7 Å². The fraction of sp³-hybridized carbons (Fsp3) is 0.500. The molecule has 1 aromatic carbocycles. The summed E-state index contributed by atoms with van der Waals surface area (Å²) in [6, 6.07) is 13.0. The molecule has 4 atom stereocenters. The van der Waals surface area contributed by atoms with Crippen LogP contribution in [-0.2, 0) is 16.0 Å². The fourth-order valence-electron chi connectivity index (χ4n) is 6.93. The first-order valence-electron chi connectivity index (χ1n) is 11.0. The Bertz CT molecular complexity index is 972. The number of carbonyl (C=O) groups is 1. The molecule has 3 aliphatic carbocycles. The number of para-hydroxylation sites is 1. The van der Waals surface area contributed by atoms with Crippen LogP contribution < -0.4 is 0 Å². The van der Waals surface area contributed by atoms with E-state index >= 15 is 0 Å². The van der Waals surface area contributed by atoms with E-state index in [0.717, 1.165) is 25.7 Å². The standard InChI is InChI=1S/C26H31NO2/c1-25-15-7-16-26(2,24(28)29-3)22(25)13-11-20-21(25)12-10-18-14-17-27(23(18)20)19-8-5-4-6-9-19/h4-6,8-9,11,14,17,21-22H,7,10,12-13,15-16H2,1-3H3/t21?,22-,25-,26+/m1/s1. The zero-order chi connectivity index (χ0) is 20.2. The van der Waals surface area contributed by atoms with E-state index in [-0.39, 0.29) is 16.8 Å². The van der Waals surface area contributed by atoms with E-state index in [2.05, 4.69) is 67.1 Å². The molecule has 0 aliphatic heterocycles. The highest BCUT2D eigenvalue weighted by Crippen LogP contribution is 2.63. The van der Waals surface area contributed by atoms with Crippen molar-refractivity contribution in [3.63, 3.8) is 0 Å². The van der Waals surface area contributed by atoms with Gasteiger partial charge in [0.15, 0.2) is 0 Å². The van der Waals surface area contributed by atoms with Crippen molar-refractivity contribution in [2.24, 2.45) is 22.7 Å². The smallest absolute Gasteiger partial charge is 0.311 e. The number of hydrogen-bond acceptors (Lipinski definition) is 2. The zero-order valence-electron chi connectivity index (χ0n) is 17.8. The van der Waals surface area contributed by atoms with Crippen LogP contribution in [0.4, 0.5) is 0 Å². The van der Waals surface area contributed by atoms with Crippen molar-refractivity contribution in [1.82, 2.24) is 4.57 Å². The quantitative estimate of drug-likeness (QED) is 0.607. The molecule has 0 saturated heterocycles. The van der Waals surface area contributed by atoms with Gasteiger partial charge in [-0.15, -0.1) is 0 Å². The molecular weight excluding hydrogens is 358 g/mol. The summed E-state index contributed by atoms with van der Waals surface area (Å²) in [6.45, 7) is 4.61. The van der Waals surface area contributed by atoms with E-state index in [9.17, 15) is 4.79 Å². The molecule has 3 heteroatoms. The van der Waals surface area contributed by atoms with E-state index in [1.807, 2.05) is 0 Å². The zero-order valence-corrected chi connectivity index (χ0v) is 17.8. The van der Waals surface area contributed by atoms with Gasteiger partial charge in [-0.1, -0.05) is 37.6 Å². The van der Waals surface area contributed by atoms with Gasteiger partial charge in [0.05, 0.1) is 18.2 Å². The molecule has 2 aromatic rings. The SMILES string of the molecule is COC(=O)[C@@]1(C)CCC[C@]2(C)C3CCc4ccn(-c5ccccc5)c4C3=CC[C@@H]12. The van der Waals surface area contributed by atoms with Crippen LogP contribution in [0.3, 0.4) is 0 Å². The number of allylic oxidation sites excluding steroid dienone is 2. The third-order valence-electron chi connectivity index (χ3n) is 8.35. The molecular formula is C26H31NO2. The summed E-state index contributed by atoms with van der Waals surface area (Å²) in [5.74, 6) is 0.844. The molecule has 0 bridgehead atoms. The Morgan fingerprint density at radius 2 is 1.93 bits per heavy atom. The van der Waals surface area contributed by atoms with Crippen LogP contribution in [0.1, 0.15) is 57.2 Å². The first kappa shape index (κ1) is 18.7. The monoisotopic (exact) mass is 389 g/mol. The maximum absolute atomic E-state index is 12.8. The van der Waals surface area contributed by atoms with E-state index < -0.39 is 0 Å². The van der Waals surface area contributed by atoms with Crippen molar-refractivity contribution in [3.8, 4) is 5.69 Å². The van der Waals surface area contributed by atoms with Crippen LogP contribution in [-0.4, -0.2) is 17.6 Å². The summed E-state index contributed by atoms with van der Waals surface area (Å²) in [6.07, 6.45) is 11.2. The number of hydrogen-bond donors (Lipinski definition) is 0. The van der Waals surface area contributed by atoms with E-state index in [1.54, 1.807) is 7.11 Å². The summed E-state index contributed by atoms with van der Waals surface area (Å²) in [4.78, 5) is 12.8. The molecule has 1 heterocycles. The summed E-state index contributed by atoms with van der Waals surface area (Å²) in [5.41, 5.74) is 5.38. The average molecular weight is 390 g/mol. The molecule has 5 rings (SSSR count). The van der Waals surface area contributed by atoms with Gasteiger partial charge in [-0.3, -0.25) is 4.79 Å². The first-order valence-corrected chi connectivity index (χ1v) is 11.0. The summed E-state index contributed by atoms with van der Waals surface area (Å²) < 4.78 is 7.65. The van der Waals surface area contributed by atoms with Gasteiger partial charge in [0.25, 0.3) is 0 Å². The molecule has 29 heavy (non-hydrogen) atoms. The lowest BCUT2D eigenvalue weighted by Gasteiger charge is -2.57. The molecule has 1 saturated carbocycles. The van der Waals surface area contributed by atoms with E-state index in [4.69, 9.17) is 4.74 Å². The maximum atomic E-state index is 12.8. The predicted octanol–water partition coefficient (Wildman–Crippen LogP) is 5.81. The molecule has 3 nitrogen and oxygen atoms in total. The fourth-order valence-corrected chi connectivity index (χ4v) is 6.93. The largest absolute Gasteiger partial charge is 0.469 e. The van der Waals surface area contributed by atoms with Crippen LogP contribution in [0.25, 0.3) is 11.3 Å². The minimum Gasteiger partial charge on any atom is -0.469 e. The topological polar surface area (TPSA) is 31.2 Å². The Labute approximate surface area is 173 Å². The Morgan fingerprint density at radius 1 is 1.14 bits per heavy atom.